The fourth-order valence-corrected chi connectivity index (χ4v) is 4.14. The van der Waals surface area contributed by atoms with Crippen molar-refractivity contribution >= 4 is 17.5 Å². The van der Waals surface area contributed by atoms with Crippen LogP contribution in [0.4, 0.5) is 5.69 Å². The number of amides is 2. The molecule has 0 saturated carbocycles. The van der Waals surface area contributed by atoms with E-state index in [9.17, 15) is 9.59 Å². The molecule has 0 unspecified atom stereocenters. The number of likely N-dealkylation sites (tertiary alicyclic amines) is 1. The lowest BCUT2D eigenvalue weighted by Crippen LogP contribution is -2.39. The van der Waals surface area contributed by atoms with E-state index in [0.29, 0.717) is 17.2 Å². The van der Waals surface area contributed by atoms with Crippen LogP contribution in [-0.4, -0.2) is 29.3 Å². The van der Waals surface area contributed by atoms with Gasteiger partial charge in [0.05, 0.1) is 0 Å². The Hall–Kier alpha value is -2.62. The van der Waals surface area contributed by atoms with E-state index in [0.717, 1.165) is 31.4 Å². The van der Waals surface area contributed by atoms with Gasteiger partial charge in [-0.2, -0.15) is 0 Å². The summed E-state index contributed by atoms with van der Waals surface area (Å²) >= 11 is 0. The Kier molecular flexibility index (Phi) is 5.94. The molecule has 0 radical (unpaired) electrons. The van der Waals surface area contributed by atoms with Crippen molar-refractivity contribution in [3.63, 3.8) is 0 Å². The SMILES string of the molecule is CC[C@@H](c1ccccc1)[C@H]1CCCN1C(=O)c1ccc(C)c(NC(C)=O)c1. The maximum absolute atomic E-state index is 13.3. The summed E-state index contributed by atoms with van der Waals surface area (Å²) in [5, 5.41) is 2.82. The van der Waals surface area contributed by atoms with Crippen LogP contribution in [0.15, 0.2) is 48.5 Å². The first-order valence-electron chi connectivity index (χ1n) is 9.75. The lowest BCUT2D eigenvalue weighted by molar-refractivity contribution is -0.114. The first-order valence-corrected chi connectivity index (χ1v) is 9.75. The molecule has 1 heterocycles. The van der Waals surface area contributed by atoms with E-state index in [2.05, 4.69) is 36.5 Å². The molecule has 2 aromatic carbocycles. The zero-order valence-corrected chi connectivity index (χ0v) is 16.4. The molecule has 142 valence electrons. The van der Waals surface area contributed by atoms with Crippen molar-refractivity contribution < 1.29 is 9.59 Å². The molecule has 1 saturated heterocycles. The molecule has 0 bridgehead atoms. The van der Waals surface area contributed by atoms with Crippen LogP contribution in [0.25, 0.3) is 0 Å². The van der Waals surface area contributed by atoms with Crippen LogP contribution < -0.4 is 5.32 Å². The first kappa shape index (κ1) is 19.2. The Balaban J connectivity index is 1.86. The van der Waals surface area contributed by atoms with Crippen LogP contribution in [0, 0.1) is 6.92 Å². The van der Waals surface area contributed by atoms with Crippen LogP contribution in [0.3, 0.4) is 0 Å². The summed E-state index contributed by atoms with van der Waals surface area (Å²) in [7, 11) is 0. The molecule has 0 aliphatic carbocycles. The van der Waals surface area contributed by atoms with Crippen LogP contribution in [-0.2, 0) is 4.79 Å². The van der Waals surface area contributed by atoms with Crippen molar-refractivity contribution in [3.05, 3.63) is 65.2 Å². The van der Waals surface area contributed by atoms with Crippen LogP contribution in [0.5, 0.6) is 0 Å². The van der Waals surface area contributed by atoms with Gasteiger partial charge in [-0.1, -0.05) is 43.3 Å². The minimum absolute atomic E-state index is 0.0542. The van der Waals surface area contributed by atoms with Gasteiger partial charge in [-0.3, -0.25) is 9.59 Å². The molecule has 27 heavy (non-hydrogen) atoms. The van der Waals surface area contributed by atoms with Gasteiger partial charge in [0.2, 0.25) is 5.91 Å². The third kappa shape index (κ3) is 4.21. The Morgan fingerprint density at radius 3 is 2.59 bits per heavy atom. The number of hydrogen-bond donors (Lipinski definition) is 1. The minimum atomic E-state index is -0.128. The lowest BCUT2D eigenvalue weighted by Gasteiger charge is -2.32. The van der Waals surface area contributed by atoms with E-state index >= 15 is 0 Å². The highest BCUT2D eigenvalue weighted by atomic mass is 16.2. The molecular formula is C23H28N2O2. The van der Waals surface area contributed by atoms with E-state index in [1.54, 1.807) is 6.07 Å². The van der Waals surface area contributed by atoms with Crippen LogP contribution in [0.2, 0.25) is 0 Å². The van der Waals surface area contributed by atoms with Crippen molar-refractivity contribution in [1.82, 2.24) is 4.90 Å². The molecule has 2 aromatic rings. The molecular weight excluding hydrogens is 336 g/mol. The van der Waals surface area contributed by atoms with Crippen LogP contribution in [0.1, 0.15) is 60.5 Å². The lowest BCUT2D eigenvalue weighted by atomic mass is 9.87. The summed E-state index contributed by atoms with van der Waals surface area (Å²) in [6.07, 6.45) is 3.07. The van der Waals surface area contributed by atoms with Gasteiger partial charge in [-0.15, -0.1) is 0 Å². The largest absolute Gasteiger partial charge is 0.335 e. The van der Waals surface area contributed by atoms with Gasteiger partial charge < -0.3 is 10.2 Å². The van der Waals surface area contributed by atoms with E-state index in [1.165, 1.54) is 12.5 Å². The normalized spacial score (nSPS) is 17.6. The van der Waals surface area contributed by atoms with Crippen molar-refractivity contribution in [3.8, 4) is 0 Å². The fraction of sp³-hybridized carbons (Fsp3) is 0.391. The Morgan fingerprint density at radius 1 is 1.19 bits per heavy atom. The second-order valence-electron chi connectivity index (χ2n) is 7.34. The molecule has 2 amide bonds. The molecule has 0 spiro atoms. The number of benzene rings is 2. The van der Waals surface area contributed by atoms with Gasteiger partial charge in [0.15, 0.2) is 0 Å². The smallest absolute Gasteiger partial charge is 0.254 e. The zero-order chi connectivity index (χ0) is 19.4. The number of anilines is 1. The predicted octanol–water partition coefficient (Wildman–Crippen LogP) is 4.75. The summed E-state index contributed by atoms with van der Waals surface area (Å²) in [6, 6.07) is 16.3. The van der Waals surface area contributed by atoms with Gasteiger partial charge in [-0.05, 0) is 49.4 Å². The Labute approximate surface area is 161 Å². The third-order valence-corrected chi connectivity index (χ3v) is 5.49. The Bertz CT molecular complexity index is 816. The highest BCUT2D eigenvalue weighted by Gasteiger charge is 2.35. The van der Waals surface area contributed by atoms with E-state index < -0.39 is 0 Å². The number of nitrogens with one attached hydrogen (secondary N) is 1. The van der Waals surface area contributed by atoms with Crippen molar-refractivity contribution in [1.29, 1.82) is 0 Å². The minimum Gasteiger partial charge on any atom is -0.335 e. The van der Waals surface area contributed by atoms with E-state index in [1.807, 2.05) is 30.0 Å². The highest BCUT2D eigenvalue weighted by Crippen LogP contribution is 2.34. The number of carbonyl (C=O) groups is 2. The topological polar surface area (TPSA) is 49.4 Å². The second kappa shape index (κ2) is 8.38. The average Bonchev–Trinajstić information content (AvgIpc) is 3.13. The summed E-state index contributed by atoms with van der Waals surface area (Å²) in [5.41, 5.74) is 3.60. The van der Waals surface area contributed by atoms with Gasteiger partial charge in [0.1, 0.15) is 0 Å². The van der Waals surface area contributed by atoms with Gasteiger partial charge in [-0.25, -0.2) is 0 Å². The number of aryl methyl sites for hydroxylation is 1. The zero-order valence-electron chi connectivity index (χ0n) is 16.4. The molecule has 3 rings (SSSR count). The highest BCUT2D eigenvalue weighted by molar-refractivity contribution is 5.97. The van der Waals surface area contributed by atoms with Gasteiger partial charge >= 0.3 is 0 Å². The molecule has 1 aliphatic rings. The fourth-order valence-electron chi connectivity index (χ4n) is 4.14. The predicted molar refractivity (Wildman–Crippen MR) is 109 cm³/mol. The monoisotopic (exact) mass is 364 g/mol. The molecule has 4 nitrogen and oxygen atoms in total. The first-order chi connectivity index (χ1) is 13.0. The summed E-state index contributed by atoms with van der Waals surface area (Å²) in [4.78, 5) is 26.7. The second-order valence-corrected chi connectivity index (χ2v) is 7.34. The van der Waals surface area contributed by atoms with Crippen molar-refractivity contribution in [2.45, 2.75) is 52.0 Å². The standard InChI is InChI=1S/C23H28N2O2/c1-4-20(18-9-6-5-7-10-18)22-11-8-14-25(22)23(27)19-13-12-16(2)21(15-19)24-17(3)26/h5-7,9-10,12-13,15,20,22H,4,8,11,14H2,1-3H3,(H,24,26)/t20-,22+/m0/s1. The van der Waals surface area contributed by atoms with Gasteiger partial charge in [0.25, 0.3) is 5.91 Å². The summed E-state index contributed by atoms with van der Waals surface area (Å²) < 4.78 is 0. The maximum atomic E-state index is 13.3. The molecule has 1 N–H and O–H groups in total. The summed E-state index contributed by atoms with van der Waals surface area (Å²) in [6.45, 7) is 6.40. The van der Waals surface area contributed by atoms with Gasteiger partial charge in [0, 0.05) is 36.7 Å². The molecule has 4 heteroatoms. The number of nitrogens with zero attached hydrogens (tertiary/aromatic N) is 1. The maximum Gasteiger partial charge on any atom is 0.254 e. The average molecular weight is 364 g/mol. The van der Waals surface area contributed by atoms with E-state index in [4.69, 9.17) is 0 Å². The number of rotatable bonds is 5. The van der Waals surface area contributed by atoms with Crippen molar-refractivity contribution in [2.75, 3.05) is 11.9 Å². The molecule has 1 aliphatic heterocycles. The third-order valence-electron chi connectivity index (χ3n) is 5.49. The molecule has 1 fully saturated rings. The van der Waals surface area contributed by atoms with E-state index in [-0.39, 0.29) is 17.9 Å². The number of carbonyl (C=O) groups excluding carboxylic acids is 2. The Morgan fingerprint density at radius 2 is 1.93 bits per heavy atom. The quantitative estimate of drug-likeness (QED) is 0.832. The van der Waals surface area contributed by atoms with Crippen LogP contribution >= 0.6 is 0 Å². The van der Waals surface area contributed by atoms with Crippen molar-refractivity contribution in [2.24, 2.45) is 0 Å². The summed E-state index contributed by atoms with van der Waals surface area (Å²) in [5.74, 6) is 0.272. The molecule has 2 atom stereocenters. The number of hydrogen-bond acceptors (Lipinski definition) is 2. The molecule has 0 aromatic heterocycles.